The molecule has 2 heterocycles. The fraction of sp³-hybridized carbons (Fsp3) is 0.222. The molecule has 2 amide bonds. The van der Waals surface area contributed by atoms with E-state index in [0.717, 1.165) is 5.56 Å². The van der Waals surface area contributed by atoms with Crippen LogP contribution in [-0.2, 0) is 4.79 Å². The Bertz CT molecular complexity index is 818. The SMILES string of the molecule is O=C(C[C@H]1NC(=O)c2ccccc21)Nc1ccc2c(c1)OCCO2. The van der Waals surface area contributed by atoms with Crippen LogP contribution in [0.5, 0.6) is 11.5 Å². The van der Waals surface area contributed by atoms with Crippen molar-refractivity contribution in [2.24, 2.45) is 0 Å². The van der Waals surface area contributed by atoms with Gasteiger partial charge in [0.15, 0.2) is 11.5 Å². The molecule has 122 valence electrons. The minimum absolute atomic E-state index is 0.136. The number of hydrogen-bond acceptors (Lipinski definition) is 4. The normalized spacial score (nSPS) is 17.8. The lowest BCUT2D eigenvalue weighted by molar-refractivity contribution is -0.116. The van der Waals surface area contributed by atoms with Crippen molar-refractivity contribution in [2.75, 3.05) is 18.5 Å². The zero-order valence-electron chi connectivity index (χ0n) is 12.9. The number of ether oxygens (including phenoxy) is 2. The second kappa shape index (κ2) is 5.88. The Kier molecular flexibility index (Phi) is 3.57. The highest BCUT2D eigenvalue weighted by molar-refractivity contribution is 6.00. The highest BCUT2D eigenvalue weighted by atomic mass is 16.6. The van der Waals surface area contributed by atoms with Crippen molar-refractivity contribution in [3.05, 3.63) is 53.6 Å². The molecule has 4 rings (SSSR count). The van der Waals surface area contributed by atoms with E-state index < -0.39 is 0 Å². The standard InChI is InChI=1S/C18H16N2O4/c21-17(10-14-12-3-1-2-4-13(12)18(22)20-14)19-11-5-6-15-16(9-11)24-8-7-23-15/h1-6,9,14H,7-8,10H2,(H,19,21)(H,20,22)/t14-/m1/s1. The van der Waals surface area contributed by atoms with E-state index in [1.807, 2.05) is 18.2 Å². The molecule has 2 aromatic rings. The van der Waals surface area contributed by atoms with Gasteiger partial charge in [-0.15, -0.1) is 0 Å². The lowest BCUT2D eigenvalue weighted by Gasteiger charge is -2.19. The summed E-state index contributed by atoms with van der Waals surface area (Å²) < 4.78 is 11.0. The van der Waals surface area contributed by atoms with Gasteiger partial charge in [-0.25, -0.2) is 0 Å². The predicted molar refractivity (Wildman–Crippen MR) is 87.3 cm³/mol. The van der Waals surface area contributed by atoms with Crippen LogP contribution in [0, 0.1) is 0 Å². The molecule has 0 fully saturated rings. The average molecular weight is 324 g/mol. The molecular formula is C18H16N2O4. The van der Waals surface area contributed by atoms with Crippen molar-refractivity contribution in [3.8, 4) is 11.5 Å². The summed E-state index contributed by atoms with van der Waals surface area (Å²) in [5.41, 5.74) is 2.14. The number of hydrogen-bond donors (Lipinski definition) is 2. The van der Waals surface area contributed by atoms with Crippen molar-refractivity contribution >= 4 is 17.5 Å². The van der Waals surface area contributed by atoms with Gasteiger partial charge in [0.05, 0.1) is 12.5 Å². The van der Waals surface area contributed by atoms with E-state index in [9.17, 15) is 9.59 Å². The van der Waals surface area contributed by atoms with E-state index in [0.29, 0.717) is 36.0 Å². The molecule has 0 aromatic heterocycles. The molecule has 0 spiro atoms. The van der Waals surface area contributed by atoms with Gasteiger partial charge in [0, 0.05) is 17.3 Å². The third-order valence-electron chi connectivity index (χ3n) is 4.10. The van der Waals surface area contributed by atoms with Crippen molar-refractivity contribution in [1.82, 2.24) is 5.32 Å². The third kappa shape index (κ3) is 2.67. The van der Waals surface area contributed by atoms with Crippen LogP contribution in [0.4, 0.5) is 5.69 Å². The highest BCUT2D eigenvalue weighted by Crippen LogP contribution is 2.33. The first-order valence-corrected chi connectivity index (χ1v) is 7.80. The first kappa shape index (κ1) is 14.6. The molecule has 0 unspecified atom stereocenters. The molecule has 6 nitrogen and oxygen atoms in total. The number of carbonyl (C=O) groups excluding carboxylic acids is 2. The number of fused-ring (bicyclic) bond motifs is 2. The minimum atomic E-state index is -0.300. The van der Waals surface area contributed by atoms with E-state index in [4.69, 9.17) is 9.47 Å². The quantitative estimate of drug-likeness (QED) is 0.908. The Balaban J connectivity index is 1.45. The van der Waals surface area contributed by atoms with Gasteiger partial charge >= 0.3 is 0 Å². The first-order chi connectivity index (χ1) is 11.7. The van der Waals surface area contributed by atoms with E-state index in [1.165, 1.54) is 0 Å². The molecule has 2 aromatic carbocycles. The van der Waals surface area contributed by atoms with Crippen LogP contribution in [0.25, 0.3) is 0 Å². The first-order valence-electron chi connectivity index (χ1n) is 7.80. The second-order valence-electron chi connectivity index (χ2n) is 5.72. The van der Waals surface area contributed by atoms with Crippen molar-refractivity contribution in [3.63, 3.8) is 0 Å². The maximum absolute atomic E-state index is 12.3. The molecule has 2 aliphatic rings. The van der Waals surface area contributed by atoms with E-state index >= 15 is 0 Å². The molecule has 0 aliphatic carbocycles. The molecule has 6 heteroatoms. The fourth-order valence-corrected chi connectivity index (χ4v) is 3.00. The average Bonchev–Trinajstić information content (AvgIpc) is 2.91. The van der Waals surface area contributed by atoms with E-state index in [-0.39, 0.29) is 24.3 Å². The lowest BCUT2D eigenvalue weighted by Crippen LogP contribution is -2.24. The molecule has 1 atom stereocenters. The summed E-state index contributed by atoms with van der Waals surface area (Å²) >= 11 is 0. The summed E-state index contributed by atoms with van der Waals surface area (Å²) in [6.45, 7) is 1.02. The van der Waals surface area contributed by atoms with Gasteiger partial charge in [-0.1, -0.05) is 18.2 Å². The molecule has 0 saturated heterocycles. The summed E-state index contributed by atoms with van der Waals surface area (Å²) in [5.74, 6) is 0.992. The molecule has 2 N–H and O–H groups in total. The number of carbonyl (C=O) groups is 2. The van der Waals surface area contributed by atoms with Gasteiger partial charge in [0.25, 0.3) is 5.91 Å². The van der Waals surface area contributed by atoms with Gasteiger partial charge in [0.2, 0.25) is 5.91 Å². The van der Waals surface area contributed by atoms with E-state index in [2.05, 4.69) is 10.6 Å². The fourth-order valence-electron chi connectivity index (χ4n) is 3.00. The van der Waals surface area contributed by atoms with Crippen LogP contribution in [-0.4, -0.2) is 25.0 Å². The monoisotopic (exact) mass is 324 g/mol. The zero-order chi connectivity index (χ0) is 16.5. The van der Waals surface area contributed by atoms with Crippen molar-refractivity contribution in [1.29, 1.82) is 0 Å². The minimum Gasteiger partial charge on any atom is -0.486 e. The van der Waals surface area contributed by atoms with Crippen LogP contribution < -0.4 is 20.1 Å². The summed E-state index contributed by atoms with van der Waals surface area (Å²) in [6, 6.07) is 12.3. The largest absolute Gasteiger partial charge is 0.486 e. The van der Waals surface area contributed by atoms with Crippen LogP contribution >= 0.6 is 0 Å². The summed E-state index contributed by atoms with van der Waals surface area (Å²) in [5, 5.41) is 5.68. The van der Waals surface area contributed by atoms with Gasteiger partial charge in [-0.05, 0) is 23.8 Å². The van der Waals surface area contributed by atoms with E-state index in [1.54, 1.807) is 24.3 Å². The molecule has 2 aliphatic heterocycles. The highest BCUT2D eigenvalue weighted by Gasteiger charge is 2.29. The van der Waals surface area contributed by atoms with Crippen LogP contribution in [0.15, 0.2) is 42.5 Å². The smallest absolute Gasteiger partial charge is 0.252 e. The van der Waals surface area contributed by atoms with Gasteiger partial charge in [0.1, 0.15) is 13.2 Å². The number of benzene rings is 2. The Hall–Kier alpha value is -3.02. The molecule has 0 saturated carbocycles. The van der Waals surface area contributed by atoms with Gasteiger partial charge in [-0.2, -0.15) is 0 Å². The third-order valence-corrected chi connectivity index (χ3v) is 4.10. The van der Waals surface area contributed by atoms with Crippen molar-refractivity contribution in [2.45, 2.75) is 12.5 Å². The molecule has 24 heavy (non-hydrogen) atoms. The Morgan fingerprint density at radius 2 is 1.92 bits per heavy atom. The summed E-state index contributed by atoms with van der Waals surface area (Å²) in [7, 11) is 0. The number of rotatable bonds is 3. The topological polar surface area (TPSA) is 76.7 Å². The Labute approximate surface area is 138 Å². The number of anilines is 1. The summed E-state index contributed by atoms with van der Waals surface area (Å²) in [4.78, 5) is 24.2. The van der Waals surface area contributed by atoms with Crippen LogP contribution in [0.2, 0.25) is 0 Å². The predicted octanol–water partition coefficient (Wildman–Crippen LogP) is 2.27. The molecular weight excluding hydrogens is 308 g/mol. The van der Waals surface area contributed by atoms with Gasteiger partial charge in [-0.3, -0.25) is 9.59 Å². The van der Waals surface area contributed by atoms with Crippen LogP contribution in [0.3, 0.4) is 0 Å². The second-order valence-corrected chi connectivity index (χ2v) is 5.72. The maximum Gasteiger partial charge on any atom is 0.252 e. The molecule has 0 radical (unpaired) electrons. The number of amides is 2. The van der Waals surface area contributed by atoms with Crippen LogP contribution in [0.1, 0.15) is 28.4 Å². The van der Waals surface area contributed by atoms with Crippen molar-refractivity contribution < 1.29 is 19.1 Å². The zero-order valence-corrected chi connectivity index (χ0v) is 12.9. The Morgan fingerprint density at radius 3 is 2.79 bits per heavy atom. The van der Waals surface area contributed by atoms with Gasteiger partial charge < -0.3 is 20.1 Å². The lowest BCUT2D eigenvalue weighted by atomic mass is 10.0. The number of nitrogens with one attached hydrogen (secondary N) is 2. The summed E-state index contributed by atoms with van der Waals surface area (Å²) in [6.07, 6.45) is 0.178. The maximum atomic E-state index is 12.3. The Morgan fingerprint density at radius 1 is 1.12 bits per heavy atom. The molecule has 0 bridgehead atoms.